The second kappa shape index (κ2) is 6.30. The molecule has 2 aromatic rings. The van der Waals surface area contributed by atoms with Crippen molar-refractivity contribution in [3.8, 4) is 6.07 Å². The molecule has 0 aliphatic rings. The molecule has 0 bridgehead atoms. The zero-order chi connectivity index (χ0) is 16.3. The molecule has 3 nitrogen and oxygen atoms in total. The van der Waals surface area contributed by atoms with Gasteiger partial charge in [-0.15, -0.1) is 0 Å². The van der Waals surface area contributed by atoms with Crippen LogP contribution in [0.5, 0.6) is 0 Å². The van der Waals surface area contributed by atoms with Gasteiger partial charge in [0.1, 0.15) is 11.3 Å². The molecule has 6 heteroatoms. The third-order valence-corrected chi connectivity index (χ3v) is 3.56. The number of nitrogens with one attached hydrogen (secondary N) is 1. The SMILES string of the molecule is CC(O)(CNc1c(F)cc(C#N)cc1F)c1ccccc1Cl. The predicted molar refractivity (Wildman–Crippen MR) is 80.6 cm³/mol. The Bertz CT molecular complexity index is 718. The maximum absolute atomic E-state index is 13.8. The van der Waals surface area contributed by atoms with E-state index in [-0.39, 0.29) is 12.1 Å². The first-order chi connectivity index (χ1) is 10.3. The zero-order valence-electron chi connectivity index (χ0n) is 11.7. The fraction of sp³-hybridized carbons (Fsp3) is 0.188. The van der Waals surface area contributed by atoms with Gasteiger partial charge >= 0.3 is 0 Å². The highest BCUT2D eigenvalue weighted by Gasteiger charge is 2.26. The van der Waals surface area contributed by atoms with Crippen LogP contribution in [0.25, 0.3) is 0 Å². The standard InChI is InChI=1S/C16H13ClF2N2O/c1-16(22,11-4-2-3-5-12(11)17)9-21-15-13(18)6-10(8-20)7-14(15)19/h2-7,21-22H,9H2,1H3. The van der Waals surface area contributed by atoms with Crippen molar-refractivity contribution < 1.29 is 13.9 Å². The molecule has 0 aliphatic heterocycles. The molecule has 0 fully saturated rings. The first kappa shape index (κ1) is 16.2. The lowest BCUT2D eigenvalue weighted by Gasteiger charge is -2.26. The highest BCUT2D eigenvalue weighted by molar-refractivity contribution is 6.31. The molecular formula is C16H13ClF2N2O. The van der Waals surface area contributed by atoms with Gasteiger partial charge in [-0.05, 0) is 25.1 Å². The second-order valence-electron chi connectivity index (χ2n) is 5.03. The topological polar surface area (TPSA) is 56.0 Å². The van der Waals surface area contributed by atoms with Crippen LogP contribution >= 0.6 is 11.6 Å². The van der Waals surface area contributed by atoms with Gasteiger partial charge in [0.25, 0.3) is 0 Å². The van der Waals surface area contributed by atoms with E-state index in [2.05, 4.69) is 5.32 Å². The Morgan fingerprint density at radius 2 is 1.86 bits per heavy atom. The first-order valence-corrected chi connectivity index (χ1v) is 6.83. The van der Waals surface area contributed by atoms with E-state index < -0.39 is 22.9 Å². The summed E-state index contributed by atoms with van der Waals surface area (Å²) in [5, 5.41) is 22.0. The van der Waals surface area contributed by atoms with E-state index in [0.29, 0.717) is 10.6 Å². The summed E-state index contributed by atoms with van der Waals surface area (Å²) in [4.78, 5) is 0. The molecule has 0 saturated carbocycles. The van der Waals surface area contributed by atoms with Gasteiger partial charge in [-0.2, -0.15) is 5.26 Å². The molecule has 22 heavy (non-hydrogen) atoms. The summed E-state index contributed by atoms with van der Waals surface area (Å²) in [6.07, 6.45) is 0. The lowest BCUT2D eigenvalue weighted by Crippen LogP contribution is -2.31. The lowest BCUT2D eigenvalue weighted by atomic mass is 9.96. The van der Waals surface area contributed by atoms with E-state index in [0.717, 1.165) is 12.1 Å². The van der Waals surface area contributed by atoms with Crippen LogP contribution in [0.1, 0.15) is 18.1 Å². The monoisotopic (exact) mass is 322 g/mol. The van der Waals surface area contributed by atoms with E-state index >= 15 is 0 Å². The van der Waals surface area contributed by atoms with Crippen LogP contribution in [-0.4, -0.2) is 11.7 Å². The molecule has 0 saturated heterocycles. The summed E-state index contributed by atoms with van der Waals surface area (Å²) in [6, 6.07) is 10.2. The van der Waals surface area contributed by atoms with Gasteiger partial charge in [0.05, 0.1) is 11.6 Å². The van der Waals surface area contributed by atoms with E-state index in [4.69, 9.17) is 16.9 Å². The van der Waals surface area contributed by atoms with Crippen molar-refractivity contribution in [1.29, 1.82) is 5.26 Å². The van der Waals surface area contributed by atoms with Crippen LogP contribution < -0.4 is 5.32 Å². The number of nitrogens with zero attached hydrogens (tertiary/aromatic N) is 1. The molecule has 1 atom stereocenters. The molecule has 1 unspecified atom stereocenters. The Balaban J connectivity index is 2.23. The number of nitriles is 1. The molecule has 0 radical (unpaired) electrons. The summed E-state index contributed by atoms with van der Waals surface area (Å²) in [5.41, 5.74) is -1.49. The number of halogens is 3. The van der Waals surface area contributed by atoms with Crippen molar-refractivity contribution in [1.82, 2.24) is 0 Å². The third kappa shape index (κ3) is 3.35. The van der Waals surface area contributed by atoms with Crippen LogP contribution in [0.2, 0.25) is 5.02 Å². The molecule has 0 amide bonds. The summed E-state index contributed by atoms with van der Waals surface area (Å²) in [7, 11) is 0. The molecule has 2 aromatic carbocycles. The van der Waals surface area contributed by atoms with Gasteiger partial charge in [-0.1, -0.05) is 29.8 Å². The number of benzene rings is 2. The van der Waals surface area contributed by atoms with E-state index in [9.17, 15) is 13.9 Å². The van der Waals surface area contributed by atoms with Crippen molar-refractivity contribution >= 4 is 17.3 Å². The quantitative estimate of drug-likeness (QED) is 0.900. The second-order valence-corrected chi connectivity index (χ2v) is 5.44. The Morgan fingerprint density at radius 3 is 2.41 bits per heavy atom. The Kier molecular flexibility index (Phi) is 4.65. The molecule has 0 spiro atoms. The normalized spacial score (nSPS) is 13.3. The Hall–Kier alpha value is -2.16. The highest BCUT2D eigenvalue weighted by Crippen LogP contribution is 2.29. The Labute approximate surface area is 131 Å². The summed E-state index contributed by atoms with van der Waals surface area (Å²) >= 11 is 6.02. The molecule has 2 rings (SSSR count). The van der Waals surface area contributed by atoms with E-state index in [1.54, 1.807) is 30.3 Å². The van der Waals surface area contributed by atoms with Crippen LogP contribution in [0.15, 0.2) is 36.4 Å². The van der Waals surface area contributed by atoms with Gasteiger partial charge in [0, 0.05) is 17.1 Å². The van der Waals surface area contributed by atoms with Crippen molar-refractivity contribution in [2.75, 3.05) is 11.9 Å². The van der Waals surface area contributed by atoms with Crippen LogP contribution in [0.4, 0.5) is 14.5 Å². The van der Waals surface area contributed by atoms with Crippen LogP contribution in [0.3, 0.4) is 0 Å². The number of aliphatic hydroxyl groups is 1. The maximum Gasteiger partial charge on any atom is 0.150 e. The van der Waals surface area contributed by atoms with Gasteiger partial charge in [0.15, 0.2) is 11.6 Å². The summed E-state index contributed by atoms with van der Waals surface area (Å²) in [6.45, 7) is 1.33. The molecule has 114 valence electrons. The number of anilines is 1. The smallest absolute Gasteiger partial charge is 0.150 e. The number of rotatable bonds is 4. The largest absolute Gasteiger partial charge is 0.384 e. The van der Waals surface area contributed by atoms with Crippen molar-refractivity contribution in [3.63, 3.8) is 0 Å². The maximum atomic E-state index is 13.8. The molecule has 2 N–H and O–H groups in total. The summed E-state index contributed by atoms with van der Waals surface area (Å²) < 4.78 is 27.6. The van der Waals surface area contributed by atoms with Gasteiger partial charge in [-0.25, -0.2) is 8.78 Å². The van der Waals surface area contributed by atoms with Crippen LogP contribution in [-0.2, 0) is 5.60 Å². The minimum atomic E-state index is -1.43. The van der Waals surface area contributed by atoms with Gasteiger partial charge in [0.2, 0.25) is 0 Å². The van der Waals surface area contributed by atoms with Crippen molar-refractivity contribution in [3.05, 3.63) is 64.2 Å². The number of hydrogen-bond acceptors (Lipinski definition) is 3. The van der Waals surface area contributed by atoms with Crippen molar-refractivity contribution in [2.24, 2.45) is 0 Å². The van der Waals surface area contributed by atoms with Crippen LogP contribution in [0, 0.1) is 23.0 Å². The fourth-order valence-corrected chi connectivity index (χ4v) is 2.40. The molecule has 0 aromatic heterocycles. The Morgan fingerprint density at radius 1 is 1.27 bits per heavy atom. The zero-order valence-corrected chi connectivity index (χ0v) is 12.5. The van der Waals surface area contributed by atoms with E-state index in [1.807, 2.05) is 0 Å². The first-order valence-electron chi connectivity index (χ1n) is 6.45. The highest BCUT2D eigenvalue weighted by atomic mass is 35.5. The molecular weight excluding hydrogens is 310 g/mol. The average molecular weight is 323 g/mol. The van der Waals surface area contributed by atoms with Gasteiger partial charge < -0.3 is 10.4 Å². The van der Waals surface area contributed by atoms with Gasteiger partial charge in [-0.3, -0.25) is 0 Å². The predicted octanol–water partition coefficient (Wildman–Crippen LogP) is 3.81. The summed E-state index contributed by atoms with van der Waals surface area (Å²) in [5.74, 6) is -1.79. The fourth-order valence-electron chi connectivity index (χ4n) is 2.06. The lowest BCUT2D eigenvalue weighted by molar-refractivity contribution is 0.0715. The third-order valence-electron chi connectivity index (χ3n) is 3.23. The minimum absolute atomic E-state index is 0.113. The molecule has 0 heterocycles. The average Bonchev–Trinajstić information content (AvgIpc) is 2.46. The number of hydrogen-bond donors (Lipinski definition) is 2. The minimum Gasteiger partial charge on any atom is -0.384 e. The van der Waals surface area contributed by atoms with Crippen molar-refractivity contribution in [2.45, 2.75) is 12.5 Å². The van der Waals surface area contributed by atoms with E-state index in [1.165, 1.54) is 6.92 Å². The molecule has 0 aliphatic carbocycles.